The van der Waals surface area contributed by atoms with Gasteiger partial charge in [0.15, 0.2) is 0 Å². The highest BCUT2D eigenvalue weighted by Gasteiger charge is 2.02. The minimum absolute atomic E-state index is 0.690. The quantitative estimate of drug-likeness (QED) is 0.566. The average molecular weight is 293 g/mol. The number of rotatable bonds is 12. The molecule has 0 spiro atoms. The van der Waals surface area contributed by atoms with Crippen LogP contribution in [0, 0.1) is 6.92 Å². The SMILES string of the molecule is CCCCCCNc1nc(C)nc(NCCCCCC)n1. The predicted octanol–water partition coefficient (Wildman–Crippen LogP) is 4.16. The van der Waals surface area contributed by atoms with E-state index in [1.807, 2.05) is 6.92 Å². The van der Waals surface area contributed by atoms with Gasteiger partial charge in [0.2, 0.25) is 11.9 Å². The summed E-state index contributed by atoms with van der Waals surface area (Å²) in [5.41, 5.74) is 0. The number of nitrogens with one attached hydrogen (secondary N) is 2. The average Bonchev–Trinajstić information content (AvgIpc) is 2.46. The molecule has 1 aromatic rings. The maximum absolute atomic E-state index is 4.42. The first kappa shape index (κ1) is 17.7. The van der Waals surface area contributed by atoms with E-state index in [-0.39, 0.29) is 0 Å². The third kappa shape index (κ3) is 8.48. The lowest BCUT2D eigenvalue weighted by atomic mass is 10.2. The van der Waals surface area contributed by atoms with Crippen molar-refractivity contribution in [3.8, 4) is 0 Å². The molecular formula is C16H31N5. The molecule has 0 saturated carbocycles. The van der Waals surface area contributed by atoms with E-state index in [1.54, 1.807) is 0 Å². The Balaban J connectivity index is 2.32. The van der Waals surface area contributed by atoms with Gasteiger partial charge < -0.3 is 10.6 Å². The smallest absolute Gasteiger partial charge is 0.227 e. The number of aryl methyl sites for hydroxylation is 1. The minimum Gasteiger partial charge on any atom is -0.354 e. The second-order valence-corrected chi connectivity index (χ2v) is 5.50. The molecule has 0 aliphatic rings. The second kappa shape index (κ2) is 11.3. The van der Waals surface area contributed by atoms with Gasteiger partial charge in [-0.05, 0) is 19.8 Å². The molecule has 0 radical (unpaired) electrons. The molecule has 21 heavy (non-hydrogen) atoms. The summed E-state index contributed by atoms with van der Waals surface area (Å²) < 4.78 is 0. The third-order valence-electron chi connectivity index (χ3n) is 3.37. The van der Waals surface area contributed by atoms with E-state index in [0.717, 1.165) is 18.9 Å². The summed E-state index contributed by atoms with van der Waals surface area (Å²) >= 11 is 0. The molecule has 120 valence electrons. The maximum Gasteiger partial charge on any atom is 0.227 e. The van der Waals surface area contributed by atoms with Gasteiger partial charge in [-0.25, -0.2) is 0 Å². The molecule has 1 rings (SSSR count). The van der Waals surface area contributed by atoms with E-state index in [1.165, 1.54) is 51.4 Å². The van der Waals surface area contributed by atoms with Crippen LogP contribution in [0.3, 0.4) is 0 Å². The first-order valence-corrected chi connectivity index (χ1v) is 8.46. The number of anilines is 2. The maximum atomic E-state index is 4.42. The highest BCUT2D eigenvalue weighted by molar-refractivity contribution is 5.34. The monoisotopic (exact) mass is 293 g/mol. The van der Waals surface area contributed by atoms with Crippen LogP contribution in [0.25, 0.3) is 0 Å². The summed E-state index contributed by atoms with van der Waals surface area (Å²) in [5, 5.41) is 6.59. The zero-order chi connectivity index (χ0) is 15.3. The van der Waals surface area contributed by atoms with Crippen molar-refractivity contribution in [3.63, 3.8) is 0 Å². The fourth-order valence-corrected chi connectivity index (χ4v) is 2.14. The van der Waals surface area contributed by atoms with Crippen molar-refractivity contribution in [2.75, 3.05) is 23.7 Å². The van der Waals surface area contributed by atoms with Crippen molar-refractivity contribution >= 4 is 11.9 Å². The Kier molecular flexibility index (Phi) is 9.49. The molecule has 1 aromatic heterocycles. The van der Waals surface area contributed by atoms with Gasteiger partial charge in [0, 0.05) is 13.1 Å². The molecule has 0 aliphatic carbocycles. The Labute approximate surface area is 129 Å². The largest absolute Gasteiger partial charge is 0.354 e. The third-order valence-corrected chi connectivity index (χ3v) is 3.37. The molecule has 0 saturated heterocycles. The Hall–Kier alpha value is -1.39. The van der Waals surface area contributed by atoms with Crippen LogP contribution in [-0.2, 0) is 0 Å². The molecule has 0 bridgehead atoms. The van der Waals surface area contributed by atoms with Crippen molar-refractivity contribution in [1.29, 1.82) is 0 Å². The Morgan fingerprint density at radius 3 is 1.57 bits per heavy atom. The zero-order valence-corrected chi connectivity index (χ0v) is 13.9. The molecule has 0 fully saturated rings. The standard InChI is InChI=1S/C16H31N5/c1-4-6-8-10-12-17-15-19-14(3)20-16(21-15)18-13-11-9-7-5-2/h4-13H2,1-3H3,(H2,17,18,19,20,21). The zero-order valence-electron chi connectivity index (χ0n) is 13.9. The lowest BCUT2D eigenvalue weighted by molar-refractivity contribution is 0.680. The van der Waals surface area contributed by atoms with Crippen LogP contribution in [0.1, 0.15) is 71.0 Å². The predicted molar refractivity (Wildman–Crippen MR) is 89.8 cm³/mol. The minimum atomic E-state index is 0.690. The molecule has 5 heteroatoms. The number of unbranched alkanes of at least 4 members (excludes halogenated alkanes) is 6. The van der Waals surface area contributed by atoms with E-state index in [4.69, 9.17) is 0 Å². The molecule has 1 heterocycles. The second-order valence-electron chi connectivity index (χ2n) is 5.50. The highest BCUT2D eigenvalue weighted by Crippen LogP contribution is 2.07. The van der Waals surface area contributed by atoms with Gasteiger partial charge in [0.1, 0.15) is 5.82 Å². The molecule has 5 nitrogen and oxygen atoms in total. The summed E-state index contributed by atoms with van der Waals surface area (Å²) in [4.78, 5) is 13.1. The van der Waals surface area contributed by atoms with Crippen molar-refractivity contribution in [2.45, 2.75) is 72.1 Å². The number of hydrogen-bond acceptors (Lipinski definition) is 5. The van der Waals surface area contributed by atoms with Gasteiger partial charge >= 0.3 is 0 Å². The van der Waals surface area contributed by atoms with Gasteiger partial charge in [-0.2, -0.15) is 15.0 Å². The topological polar surface area (TPSA) is 62.7 Å². The van der Waals surface area contributed by atoms with E-state index >= 15 is 0 Å². The first-order chi connectivity index (χ1) is 10.3. The number of hydrogen-bond donors (Lipinski definition) is 2. The van der Waals surface area contributed by atoms with E-state index < -0.39 is 0 Å². The fraction of sp³-hybridized carbons (Fsp3) is 0.812. The van der Waals surface area contributed by atoms with Gasteiger partial charge in [0.25, 0.3) is 0 Å². The summed E-state index contributed by atoms with van der Waals surface area (Å²) in [6.07, 6.45) is 9.96. The molecule has 0 unspecified atom stereocenters. The highest BCUT2D eigenvalue weighted by atomic mass is 15.2. The van der Waals surface area contributed by atoms with Crippen LogP contribution < -0.4 is 10.6 Å². The number of aromatic nitrogens is 3. The van der Waals surface area contributed by atoms with Crippen molar-refractivity contribution < 1.29 is 0 Å². The van der Waals surface area contributed by atoms with Gasteiger partial charge in [-0.1, -0.05) is 52.4 Å². The van der Waals surface area contributed by atoms with Crippen LogP contribution in [0.4, 0.5) is 11.9 Å². The van der Waals surface area contributed by atoms with Crippen molar-refractivity contribution in [2.24, 2.45) is 0 Å². The van der Waals surface area contributed by atoms with Crippen LogP contribution in [0.15, 0.2) is 0 Å². The van der Waals surface area contributed by atoms with E-state index in [0.29, 0.717) is 11.9 Å². The Bertz CT molecular complexity index is 349. The van der Waals surface area contributed by atoms with Gasteiger partial charge in [0.05, 0.1) is 0 Å². The molecule has 2 N–H and O–H groups in total. The first-order valence-electron chi connectivity index (χ1n) is 8.46. The molecule has 0 aliphatic heterocycles. The van der Waals surface area contributed by atoms with Gasteiger partial charge in [-0.15, -0.1) is 0 Å². The number of nitrogens with zero attached hydrogens (tertiary/aromatic N) is 3. The van der Waals surface area contributed by atoms with Crippen molar-refractivity contribution in [1.82, 2.24) is 15.0 Å². The van der Waals surface area contributed by atoms with Crippen molar-refractivity contribution in [3.05, 3.63) is 5.82 Å². The van der Waals surface area contributed by atoms with E-state index in [9.17, 15) is 0 Å². The summed E-state index contributed by atoms with van der Waals surface area (Å²) in [7, 11) is 0. The van der Waals surface area contributed by atoms with E-state index in [2.05, 4.69) is 39.4 Å². The van der Waals surface area contributed by atoms with Crippen LogP contribution in [-0.4, -0.2) is 28.0 Å². The Morgan fingerprint density at radius 1 is 0.667 bits per heavy atom. The fourth-order valence-electron chi connectivity index (χ4n) is 2.14. The molecule has 0 aromatic carbocycles. The summed E-state index contributed by atoms with van der Waals surface area (Å²) in [6, 6.07) is 0. The lowest BCUT2D eigenvalue weighted by Gasteiger charge is -2.09. The lowest BCUT2D eigenvalue weighted by Crippen LogP contribution is -2.11. The van der Waals surface area contributed by atoms with Gasteiger partial charge in [-0.3, -0.25) is 0 Å². The van der Waals surface area contributed by atoms with Crippen LogP contribution >= 0.6 is 0 Å². The summed E-state index contributed by atoms with van der Waals surface area (Å²) in [6.45, 7) is 8.22. The summed E-state index contributed by atoms with van der Waals surface area (Å²) in [5.74, 6) is 2.14. The van der Waals surface area contributed by atoms with Crippen LogP contribution in [0.5, 0.6) is 0 Å². The molecule has 0 amide bonds. The normalized spacial score (nSPS) is 10.6. The molecular weight excluding hydrogens is 262 g/mol. The Morgan fingerprint density at radius 2 is 1.14 bits per heavy atom. The molecule has 0 atom stereocenters. The van der Waals surface area contributed by atoms with Crippen LogP contribution in [0.2, 0.25) is 0 Å².